The van der Waals surface area contributed by atoms with Crippen LogP contribution in [0.5, 0.6) is 23.0 Å². The maximum atomic E-state index is 13.0. The first-order chi connectivity index (χ1) is 17.7. The summed E-state index contributed by atoms with van der Waals surface area (Å²) in [5.74, 6) is -2.94. The molecule has 37 heavy (non-hydrogen) atoms. The Kier molecular flexibility index (Phi) is 8.93. The maximum Gasteiger partial charge on any atom is 0.338 e. The number of ether oxygens (including phenoxy) is 5. The van der Waals surface area contributed by atoms with Gasteiger partial charge in [-0.15, -0.1) is 0 Å². The van der Waals surface area contributed by atoms with Crippen molar-refractivity contribution in [1.29, 1.82) is 0 Å². The molecule has 0 radical (unpaired) electrons. The lowest BCUT2D eigenvalue weighted by Crippen LogP contribution is -2.25. The zero-order chi connectivity index (χ0) is 26.9. The van der Waals surface area contributed by atoms with Crippen molar-refractivity contribution in [3.63, 3.8) is 0 Å². The van der Waals surface area contributed by atoms with Gasteiger partial charge in [0.2, 0.25) is 11.5 Å². The quantitative estimate of drug-likeness (QED) is 0.226. The third-order valence-electron chi connectivity index (χ3n) is 4.85. The molecule has 1 heterocycles. The van der Waals surface area contributed by atoms with Crippen molar-refractivity contribution in [1.82, 2.24) is 4.98 Å². The Morgan fingerprint density at radius 2 is 1.51 bits per heavy atom. The van der Waals surface area contributed by atoms with Crippen LogP contribution < -0.4 is 18.9 Å². The number of carbonyl (C=O) groups excluding carboxylic acids is 4. The standard InChI is InChI=1S/C27H25NO9/c1-16(25(31)22-11-10-21(14-28-22)34-15-19-8-6-5-7-9-19)35-26-23(36-17(2)29)12-20(27(32)33-4)13-24(26)37-18(3)30/h5-14,16H,15H2,1-4H3. The number of aromatic nitrogens is 1. The topological polar surface area (TPSA) is 127 Å². The lowest BCUT2D eigenvalue weighted by atomic mass is 10.1. The molecule has 0 amide bonds. The van der Waals surface area contributed by atoms with Crippen LogP contribution in [0.1, 0.15) is 47.2 Å². The predicted octanol–water partition coefficient (Wildman–Crippen LogP) is 3.95. The van der Waals surface area contributed by atoms with E-state index in [0.717, 1.165) is 26.5 Å². The number of benzene rings is 2. The second kappa shape index (κ2) is 12.3. The summed E-state index contributed by atoms with van der Waals surface area (Å²) in [4.78, 5) is 52.6. The fraction of sp³-hybridized carbons (Fsp3) is 0.222. The van der Waals surface area contributed by atoms with E-state index in [1.54, 1.807) is 6.07 Å². The van der Waals surface area contributed by atoms with Crippen molar-refractivity contribution in [2.24, 2.45) is 0 Å². The Hall–Kier alpha value is -4.73. The van der Waals surface area contributed by atoms with Crippen molar-refractivity contribution in [2.75, 3.05) is 7.11 Å². The zero-order valence-electron chi connectivity index (χ0n) is 20.7. The van der Waals surface area contributed by atoms with E-state index in [0.29, 0.717) is 12.4 Å². The molecule has 0 spiro atoms. The Bertz CT molecular complexity index is 1250. The summed E-state index contributed by atoms with van der Waals surface area (Å²) >= 11 is 0. The van der Waals surface area contributed by atoms with Crippen LogP contribution >= 0.6 is 0 Å². The molecule has 10 nitrogen and oxygen atoms in total. The maximum absolute atomic E-state index is 13.0. The number of methoxy groups -OCH3 is 1. The largest absolute Gasteiger partial charge is 0.487 e. The molecule has 0 aliphatic carbocycles. The minimum atomic E-state index is -1.14. The lowest BCUT2D eigenvalue weighted by Gasteiger charge is -2.19. The minimum absolute atomic E-state index is 0.0610. The Balaban J connectivity index is 1.82. The van der Waals surface area contributed by atoms with Crippen LogP contribution in [0, 0.1) is 0 Å². The van der Waals surface area contributed by atoms with Gasteiger partial charge in [0.15, 0.2) is 17.6 Å². The first-order valence-electron chi connectivity index (χ1n) is 11.1. The highest BCUT2D eigenvalue weighted by Gasteiger charge is 2.26. The summed E-state index contributed by atoms with van der Waals surface area (Å²) in [5.41, 5.74) is 1.01. The number of esters is 3. The molecule has 192 valence electrons. The highest BCUT2D eigenvalue weighted by atomic mass is 16.6. The average Bonchev–Trinajstić information content (AvgIpc) is 2.88. The molecule has 10 heteroatoms. The molecular formula is C27H25NO9. The van der Waals surface area contributed by atoms with Crippen molar-refractivity contribution < 1.29 is 42.9 Å². The molecule has 0 N–H and O–H groups in total. The fourth-order valence-electron chi connectivity index (χ4n) is 3.18. The van der Waals surface area contributed by atoms with Crippen molar-refractivity contribution in [3.05, 3.63) is 77.6 Å². The zero-order valence-corrected chi connectivity index (χ0v) is 20.7. The van der Waals surface area contributed by atoms with Crippen LogP contribution in [0.4, 0.5) is 0 Å². The smallest absolute Gasteiger partial charge is 0.338 e. The molecule has 1 unspecified atom stereocenters. The van der Waals surface area contributed by atoms with Gasteiger partial charge in [-0.25, -0.2) is 9.78 Å². The number of Topliss-reactive ketones (excluding diaryl/α,β-unsaturated/α-hetero) is 1. The second-order valence-corrected chi connectivity index (χ2v) is 7.76. The number of rotatable bonds is 10. The van der Waals surface area contributed by atoms with Crippen LogP contribution in [0.3, 0.4) is 0 Å². The number of carbonyl (C=O) groups is 4. The highest BCUT2D eigenvalue weighted by Crippen LogP contribution is 2.40. The molecule has 0 aliphatic heterocycles. The van der Waals surface area contributed by atoms with Crippen LogP contribution in [0.15, 0.2) is 60.8 Å². The normalized spacial score (nSPS) is 11.1. The molecule has 3 aromatic rings. The number of ketones is 1. The third kappa shape index (κ3) is 7.38. The van der Waals surface area contributed by atoms with E-state index in [1.165, 1.54) is 31.3 Å². The molecule has 0 aliphatic rings. The van der Waals surface area contributed by atoms with Crippen molar-refractivity contribution in [2.45, 2.75) is 33.5 Å². The average molecular weight is 507 g/mol. The van der Waals surface area contributed by atoms with Gasteiger partial charge in [0, 0.05) is 13.8 Å². The van der Waals surface area contributed by atoms with Gasteiger partial charge in [-0.05, 0) is 36.8 Å². The van der Waals surface area contributed by atoms with E-state index in [9.17, 15) is 19.2 Å². The SMILES string of the molecule is COC(=O)c1cc(OC(C)=O)c(OC(C)C(=O)c2ccc(OCc3ccccc3)cn2)c(OC(C)=O)c1. The summed E-state index contributed by atoms with van der Waals surface area (Å²) in [5, 5.41) is 0. The summed E-state index contributed by atoms with van der Waals surface area (Å²) < 4.78 is 26.5. The second-order valence-electron chi connectivity index (χ2n) is 7.76. The summed E-state index contributed by atoms with van der Waals surface area (Å²) in [6, 6.07) is 15.0. The van der Waals surface area contributed by atoms with E-state index >= 15 is 0 Å². The summed E-state index contributed by atoms with van der Waals surface area (Å²) in [6.07, 6.45) is 0.277. The van der Waals surface area contributed by atoms with Gasteiger partial charge in [0.1, 0.15) is 18.1 Å². The van der Waals surface area contributed by atoms with E-state index in [1.807, 2.05) is 30.3 Å². The highest BCUT2D eigenvalue weighted by molar-refractivity contribution is 5.98. The number of hydrogen-bond donors (Lipinski definition) is 0. The first kappa shape index (κ1) is 26.9. The van der Waals surface area contributed by atoms with Gasteiger partial charge in [-0.3, -0.25) is 14.4 Å². The summed E-state index contributed by atoms with van der Waals surface area (Å²) in [7, 11) is 1.16. The van der Waals surface area contributed by atoms with E-state index in [2.05, 4.69) is 4.98 Å². The Morgan fingerprint density at radius 1 is 0.892 bits per heavy atom. The van der Waals surface area contributed by atoms with Crippen LogP contribution in [-0.2, 0) is 20.9 Å². The molecule has 0 saturated heterocycles. The number of pyridine rings is 1. The van der Waals surface area contributed by atoms with E-state index in [-0.39, 0.29) is 28.5 Å². The first-order valence-corrected chi connectivity index (χ1v) is 11.1. The van der Waals surface area contributed by atoms with Crippen LogP contribution in [0.25, 0.3) is 0 Å². The lowest BCUT2D eigenvalue weighted by molar-refractivity contribution is -0.132. The monoisotopic (exact) mass is 507 g/mol. The molecular weight excluding hydrogens is 482 g/mol. The van der Waals surface area contributed by atoms with Crippen LogP contribution in [0.2, 0.25) is 0 Å². The van der Waals surface area contributed by atoms with Gasteiger partial charge in [-0.2, -0.15) is 0 Å². The molecule has 0 fully saturated rings. The van der Waals surface area contributed by atoms with Crippen molar-refractivity contribution in [3.8, 4) is 23.0 Å². The molecule has 1 aromatic heterocycles. The third-order valence-corrected chi connectivity index (χ3v) is 4.85. The van der Waals surface area contributed by atoms with Gasteiger partial charge < -0.3 is 23.7 Å². The molecule has 3 rings (SSSR count). The molecule has 0 saturated carbocycles. The van der Waals surface area contributed by atoms with E-state index < -0.39 is 29.8 Å². The van der Waals surface area contributed by atoms with Gasteiger partial charge in [0.25, 0.3) is 0 Å². The number of hydrogen-bond acceptors (Lipinski definition) is 10. The minimum Gasteiger partial charge on any atom is -0.487 e. The fourth-order valence-corrected chi connectivity index (χ4v) is 3.18. The molecule has 1 atom stereocenters. The Morgan fingerprint density at radius 3 is 2.03 bits per heavy atom. The Labute approximate surface area is 213 Å². The summed E-state index contributed by atoms with van der Waals surface area (Å²) in [6.45, 7) is 4.07. The predicted molar refractivity (Wildman–Crippen MR) is 130 cm³/mol. The molecule has 0 bridgehead atoms. The van der Waals surface area contributed by atoms with Gasteiger partial charge in [-0.1, -0.05) is 30.3 Å². The van der Waals surface area contributed by atoms with Crippen LogP contribution in [-0.4, -0.2) is 41.9 Å². The van der Waals surface area contributed by atoms with Crippen molar-refractivity contribution >= 4 is 23.7 Å². The number of nitrogens with zero attached hydrogens (tertiary/aromatic N) is 1. The van der Waals surface area contributed by atoms with E-state index in [4.69, 9.17) is 23.7 Å². The van der Waals surface area contributed by atoms with Gasteiger partial charge >= 0.3 is 17.9 Å². The molecule has 2 aromatic carbocycles. The van der Waals surface area contributed by atoms with Gasteiger partial charge in [0.05, 0.1) is 18.9 Å².